The Morgan fingerprint density at radius 2 is 1.64 bits per heavy atom. The number of rotatable bonds is 6. The van der Waals surface area contributed by atoms with Crippen LogP contribution >= 0.6 is 11.8 Å². The molecule has 1 amide bonds. The third kappa shape index (κ3) is 4.42. The number of hydrogen-bond donors (Lipinski definition) is 2. The van der Waals surface area contributed by atoms with Crippen LogP contribution in [0.4, 0.5) is 5.69 Å². The molecule has 0 saturated heterocycles. The zero-order valence-corrected chi connectivity index (χ0v) is 14.7. The van der Waals surface area contributed by atoms with Crippen LogP contribution in [0.15, 0.2) is 59.5 Å². The van der Waals surface area contributed by atoms with Crippen LogP contribution in [0.5, 0.6) is 0 Å². The first kappa shape index (κ1) is 17.5. The van der Waals surface area contributed by atoms with Crippen molar-refractivity contribution in [3.63, 3.8) is 0 Å². The van der Waals surface area contributed by atoms with Crippen LogP contribution in [0.2, 0.25) is 0 Å². The summed E-state index contributed by atoms with van der Waals surface area (Å²) in [4.78, 5) is 24.8. The smallest absolute Gasteiger partial charge is 0.307 e. The fourth-order valence-electron chi connectivity index (χ4n) is 3.16. The van der Waals surface area contributed by atoms with E-state index in [0.29, 0.717) is 5.69 Å². The average Bonchev–Trinajstić information content (AvgIpc) is 3.07. The number of thioether (sulfide) groups is 1. The predicted octanol–water partition coefficient (Wildman–Crippen LogP) is 4.36. The Bertz CT molecular complexity index is 737. The molecule has 2 N–H and O–H groups in total. The molecule has 0 unspecified atom stereocenters. The summed E-state index contributed by atoms with van der Waals surface area (Å²) >= 11 is 1.65. The van der Waals surface area contributed by atoms with E-state index in [2.05, 4.69) is 5.32 Å². The first-order valence-corrected chi connectivity index (χ1v) is 9.25. The van der Waals surface area contributed by atoms with Gasteiger partial charge in [0.15, 0.2) is 0 Å². The van der Waals surface area contributed by atoms with E-state index >= 15 is 0 Å². The van der Waals surface area contributed by atoms with E-state index < -0.39 is 10.7 Å². The summed E-state index contributed by atoms with van der Waals surface area (Å²) in [6.07, 6.45) is 3.85. The molecule has 2 aromatic carbocycles. The highest BCUT2D eigenvalue weighted by molar-refractivity contribution is 8.01. The zero-order valence-electron chi connectivity index (χ0n) is 13.9. The summed E-state index contributed by atoms with van der Waals surface area (Å²) in [5.74, 6) is -0.828. The van der Waals surface area contributed by atoms with E-state index in [-0.39, 0.29) is 12.3 Å². The Kier molecular flexibility index (Phi) is 5.43. The first-order chi connectivity index (χ1) is 12.1. The van der Waals surface area contributed by atoms with Crippen LogP contribution < -0.4 is 5.32 Å². The molecular weight excluding hydrogens is 334 g/mol. The molecule has 3 rings (SSSR count). The predicted molar refractivity (Wildman–Crippen MR) is 99.9 cm³/mol. The van der Waals surface area contributed by atoms with Crippen LogP contribution in [-0.4, -0.2) is 21.7 Å². The number of carbonyl (C=O) groups is 2. The monoisotopic (exact) mass is 355 g/mol. The molecule has 0 spiro atoms. The summed E-state index contributed by atoms with van der Waals surface area (Å²) in [6.45, 7) is 0. The second-order valence-corrected chi connectivity index (χ2v) is 7.80. The number of hydrogen-bond acceptors (Lipinski definition) is 3. The highest BCUT2D eigenvalue weighted by atomic mass is 32.2. The Balaban J connectivity index is 1.72. The highest BCUT2D eigenvalue weighted by Gasteiger charge is 2.42. The molecule has 0 aromatic heterocycles. The summed E-state index contributed by atoms with van der Waals surface area (Å²) < 4.78 is -0.429. The SMILES string of the molecule is O=C(O)Cc1ccc(NC(=O)C2(Sc3ccccc3)CCCC2)cc1. The number of nitrogens with one attached hydrogen (secondary N) is 1. The molecule has 0 bridgehead atoms. The van der Waals surface area contributed by atoms with Gasteiger partial charge in [0.1, 0.15) is 0 Å². The number of carboxylic acid groups (broad SMARTS) is 1. The molecule has 0 heterocycles. The van der Waals surface area contributed by atoms with Crippen molar-refractivity contribution in [2.24, 2.45) is 0 Å². The van der Waals surface area contributed by atoms with Crippen molar-refractivity contribution in [3.8, 4) is 0 Å². The number of anilines is 1. The molecule has 4 nitrogen and oxygen atoms in total. The van der Waals surface area contributed by atoms with Gasteiger partial charge in [-0.05, 0) is 42.7 Å². The normalized spacial score (nSPS) is 15.7. The average molecular weight is 355 g/mol. The maximum atomic E-state index is 13.0. The van der Waals surface area contributed by atoms with Crippen LogP contribution in [0.25, 0.3) is 0 Å². The number of carboxylic acids is 1. The van der Waals surface area contributed by atoms with Crippen LogP contribution in [0.3, 0.4) is 0 Å². The van der Waals surface area contributed by atoms with Crippen molar-refractivity contribution in [1.29, 1.82) is 0 Å². The minimum absolute atomic E-state index is 0.0119. The molecule has 0 radical (unpaired) electrons. The molecule has 1 fully saturated rings. The molecule has 25 heavy (non-hydrogen) atoms. The molecule has 5 heteroatoms. The van der Waals surface area contributed by atoms with Gasteiger partial charge in [-0.15, -0.1) is 11.8 Å². The van der Waals surface area contributed by atoms with Gasteiger partial charge in [0.05, 0.1) is 11.2 Å². The first-order valence-electron chi connectivity index (χ1n) is 8.44. The van der Waals surface area contributed by atoms with Crippen molar-refractivity contribution >= 4 is 29.3 Å². The topological polar surface area (TPSA) is 66.4 Å². The summed E-state index contributed by atoms with van der Waals surface area (Å²) in [5.41, 5.74) is 1.43. The van der Waals surface area contributed by atoms with Crippen LogP contribution in [0.1, 0.15) is 31.2 Å². The van der Waals surface area contributed by atoms with E-state index in [1.54, 1.807) is 36.0 Å². The number of benzene rings is 2. The van der Waals surface area contributed by atoms with E-state index in [1.165, 1.54) is 0 Å². The molecule has 1 aliphatic rings. The molecule has 1 aliphatic carbocycles. The highest BCUT2D eigenvalue weighted by Crippen LogP contribution is 2.46. The largest absolute Gasteiger partial charge is 0.481 e. The van der Waals surface area contributed by atoms with E-state index in [4.69, 9.17) is 5.11 Å². The molecule has 130 valence electrons. The van der Waals surface area contributed by atoms with Gasteiger partial charge in [-0.2, -0.15) is 0 Å². The Labute approximate surface area is 151 Å². The summed E-state index contributed by atoms with van der Waals surface area (Å²) in [6, 6.07) is 17.1. The van der Waals surface area contributed by atoms with Crippen molar-refractivity contribution in [1.82, 2.24) is 0 Å². The maximum absolute atomic E-state index is 13.0. The molecule has 2 aromatic rings. The second kappa shape index (κ2) is 7.74. The maximum Gasteiger partial charge on any atom is 0.307 e. The molecular formula is C20H21NO3S. The van der Waals surface area contributed by atoms with Crippen LogP contribution in [-0.2, 0) is 16.0 Å². The third-order valence-electron chi connectivity index (χ3n) is 4.45. The fourth-order valence-corrected chi connectivity index (χ4v) is 4.54. The Morgan fingerprint density at radius 3 is 2.24 bits per heavy atom. The lowest BCUT2D eigenvalue weighted by atomic mass is 10.1. The molecule has 0 aliphatic heterocycles. The lowest BCUT2D eigenvalue weighted by molar-refractivity contribution is -0.136. The second-order valence-electron chi connectivity index (χ2n) is 6.34. The molecule has 0 atom stereocenters. The van der Waals surface area contributed by atoms with Gasteiger partial charge < -0.3 is 10.4 Å². The van der Waals surface area contributed by atoms with Crippen molar-refractivity contribution in [2.45, 2.75) is 41.7 Å². The van der Waals surface area contributed by atoms with Crippen molar-refractivity contribution in [3.05, 3.63) is 60.2 Å². The lowest BCUT2D eigenvalue weighted by Gasteiger charge is -2.27. The van der Waals surface area contributed by atoms with Gasteiger partial charge >= 0.3 is 5.97 Å². The van der Waals surface area contributed by atoms with Crippen molar-refractivity contribution in [2.75, 3.05) is 5.32 Å². The quantitative estimate of drug-likeness (QED) is 0.808. The van der Waals surface area contributed by atoms with Crippen LogP contribution in [0, 0.1) is 0 Å². The summed E-state index contributed by atoms with van der Waals surface area (Å²) in [5, 5.41) is 11.8. The van der Waals surface area contributed by atoms with E-state index in [9.17, 15) is 9.59 Å². The van der Waals surface area contributed by atoms with E-state index in [1.807, 2.05) is 30.3 Å². The standard InChI is InChI=1S/C20H21NO3S/c22-18(23)14-15-8-10-16(11-9-15)21-19(24)20(12-4-5-13-20)25-17-6-2-1-3-7-17/h1-3,6-11H,4-5,12-14H2,(H,21,24)(H,22,23). The van der Waals surface area contributed by atoms with Gasteiger partial charge in [0.25, 0.3) is 0 Å². The zero-order chi connectivity index (χ0) is 17.7. The van der Waals surface area contributed by atoms with Gasteiger partial charge in [-0.3, -0.25) is 9.59 Å². The Morgan fingerprint density at radius 1 is 1.00 bits per heavy atom. The number of carbonyl (C=O) groups excluding carboxylic acids is 1. The number of aliphatic carboxylic acids is 1. The van der Waals surface area contributed by atoms with Gasteiger partial charge in [0, 0.05) is 10.6 Å². The van der Waals surface area contributed by atoms with Gasteiger partial charge in [-0.25, -0.2) is 0 Å². The Hall–Kier alpha value is -2.27. The van der Waals surface area contributed by atoms with Gasteiger partial charge in [-0.1, -0.05) is 43.2 Å². The van der Waals surface area contributed by atoms with Crippen molar-refractivity contribution < 1.29 is 14.7 Å². The van der Waals surface area contributed by atoms with Gasteiger partial charge in [0.2, 0.25) is 5.91 Å². The minimum Gasteiger partial charge on any atom is -0.481 e. The minimum atomic E-state index is -0.860. The number of amides is 1. The lowest BCUT2D eigenvalue weighted by Crippen LogP contribution is -2.37. The van der Waals surface area contributed by atoms with E-state index in [0.717, 1.165) is 36.1 Å². The third-order valence-corrected chi connectivity index (χ3v) is 5.94. The fraction of sp³-hybridized carbons (Fsp3) is 0.300. The molecule has 1 saturated carbocycles. The summed E-state index contributed by atoms with van der Waals surface area (Å²) in [7, 11) is 0.